The average molecular weight is 252 g/mol. The molecule has 1 N–H and O–H groups in total. The summed E-state index contributed by atoms with van der Waals surface area (Å²) in [5.74, 6) is 2.92. The highest BCUT2D eigenvalue weighted by atomic mass is 16.5. The van der Waals surface area contributed by atoms with Gasteiger partial charge in [0.15, 0.2) is 5.82 Å². The van der Waals surface area contributed by atoms with Crippen LogP contribution in [-0.4, -0.2) is 41.7 Å². The van der Waals surface area contributed by atoms with Crippen LogP contribution in [0.5, 0.6) is 0 Å². The average Bonchev–Trinajstić information content (AvgIpc) is 2.89. The quantitative estimate of drug-likeness (QED) is 0.827. The first-order valence-corrected chi connectivity index (χ1v) is 6.85. The maximum absolute atomic E-state index is 5.26. The minimum absolute atomic E-state index is 0.560. The van der Waals surface area contributed by atoms with E-state index in [1.807, 2.05) is 7.05 Å². The van der Waals surface area contributed by atoms with Crippen LogP contribution in [0.3, 0.4) is 0 Å². The van der Waals surface area contributed by atoms with Crippen LogP contribution in [0.25, 0.3) is 0 Å². The van der Waals surface area contributed by atoms with Crippen LogP contribution in [0.4, 0.5) is 0 Å². The Labute approximate surface area is 109 Å². The lowest BCUT2D eigenvalue weighted by atomic mass is 10.1. The first kappa shape index (κ1) is 13.5. The van der Waals surface area contributed by atoms with E-state index in [2.05, 4.69) is 34.2 Å². The molecule has 1 aliphatic heterocycles. The SMILES string of the molecule is CNCC1CCN(Cc2noc(CC(C)C)n2)C1. The van der Waals surface area contributed by atoms with E-state index in [9.17, 15) is 0 Å². The molecule has 2 heterocycles. The van der Waals surface area contributed by atoms with Crippen molar-refractivity contribution in [3.63, 3.8) is 0 Å². The fraction of sp³-hybridized carbons (Fsp3) is 0.846. The summed E-state index contributed by atoms with van der Waals surface area (Å²) in [6.07, 6.45) is 2.13. The van der Waals surface area contributed by atoms with Gasteiger partial charge in [-0.25, -0.2) is 0 Å². The second-order valence-corrected chi connectivity index (χ2v) is 5.65. The third kappa shape index (κ3) is 3.78. The highest BCUT2D eigenvalue weighted by molar-refractivity contribution is 4.89. The lowest BCUT2D eigenvalue weighted by Gasteiger charge is -2.13. The van der Waals surface area contributed by atoms with Crippen molar-refractivity contribution in [1.82, 2.24) is 20.4 Å². The number of hydrogen-bond acceptors (Lipinski definition) is 5. The topological polar surface area (TPSA) is 54.2 Å². The first-order chi connectivity index (χ1) is 8.67. The minimum Gasteiger partial charge on any atom is -0.339 e. The summed E-state index contributed by atoms with van der Waals surface area (Å²) >= 11 is 0. The lowest BCUT2D eigenvalue weighted by Crippen LogP contribution is -2.24. The Kier molecular flexibility index (Phi) is 4.72. The molecule has 1 aromatic heterocycles. The molecule has 1 aliphatic rings. The number of likely N-dealkylation sites (tertiary alicyclic amines) is 1. The summed E-state index contributed by atoms with van der Waals surface area (Å²) in [6, 6.07) is 0. The molecular formula is C13H24N4O. The normalized spacial score (nSPS) is 21.0. The molecular weight excluding hydrogens is 228 g/mol. The molecule has 102 valence electrons. The molecule has 18 heavy (non-hydrogen) atoms. The van der Waals surface area contributed by atoms with Gasteiger partial charge in [-0.1, -0.05) is 19.0 Å². The second-order valence-electron chi connectivity index (χ2n) is 5.65. The summed E-state index contributed by atoms with van der Waals surface area (Å²) in [5.41, 5.74) is 0. The first-order valence-electron chi connectivity index (χ1n) is 6.85. The molecule has 0 spiro atoms. The zero-order valence-electron chi connectivity index (χ0n) is 11.6. The monoisotopic (exact) mass is 252 g/mol. The van der Waals surface area contributed by atoms with Gasteiger partial charge in [-0.3, -0.25) is 4.90 Å². The van der Waals surface area contributed by atoms with Crippen molar-refractivity contribution in [3.8, 4) is 0 Å². The van der Waals surface area contributed by atoms with Crippen LogP contribution in [0.15, 0.2) is 4.52 Å². The van der Waals surface area contributed by atoms with Crippen molar-refractivity contribution in [2.45, 2.75) is 33.2 Å². The van der Waals surface area contributed by atoms with E-state index in [-0.39, 0.29) is 0 Å². The molecule has 5 heteroatoms. The second kappa shape index (κ2) is 6.29. The van der Waals surface area contributed by atoms with Crippen LogP contribution in [0.1, 0.15) is 32.0 Å². The number of nitrogens with one attached hydrogen (secondary N) is 1. The predicted molar refractivity (Wildman–Crippen MR) is 70.2 cm³/mol. The summed E-state index contributed by atoms with van der Waals surface area (Å²) in [5, 5.41) is 7.30. The summed E-state index contributed by atoms with van der Waals surface area (Å²) < 4.78 is 5.26. The molecule has 2 rings (SSSR count). The Morgan fingerprint density at radius 1 is 1.50 bits per heavy atom. The fourth-order valence-corrected chi connectivity index (χ4v) is 2.50. The van der Waals surface area contributed by atoms with E-state index >= 15 is 0 Å². The van der Waals surface area contributed by atoms with Gasteiger partial charge in [0.2, 0.25) is 5.89 Å². The van der Waals surface area contributed by atoms with Crippen molar-refractivity contribution in [1.29, 1.82) is 0 Å². The third-order valence-electron chi connectivity index (χ3n) is 3.32. The smallest absolute Gasteiger partial charge is 0.226 e. The Hall–Kier alpha value is -0.940. The van der Waals surface area contributed by atoms with Crippen molar-refractivity contribution < 1.29 is 4.52 Å². The Morgan fingerprint density at radius 3 is 3.06 bits per heavy atom. The summed E-state index contributed by atoms with van der Waals surface area (Å²) in [7, 11) is 2.01. The number of nitrogens with zero attached hydrogens (tertiary/aromatic N) is 3. The summed E-state index contributed by atoms with van der Waals surface area (Å²) in [4.78, 5) is 6.86. The van der Waals surface area contributed by atoms with Crippen LogP contribution in [0.2, 0.25) is 0 Å². The maximum atomic E-state index is 5.26. The maximum Gasteiger partial charge on any atom is 0.226 e. The van der Waals surface area contributed by atoms with E-state index in [4.69, 9.17) is 4.52 Å². The molecule has 0 amide bonds. The molecule has 1 aromatic rings. The van der Waals surface area contributed by atoms with E-state index in [1.54, 1.807) is 0 Å². The zero-order chi connectivity index (χ0) is 13.0. The summed E-state index contributed by atoms with van der Waals surface area (Å²) in [6.45, 7) is 8.51. The number of hydrogen-bond donors (Lipinski definition) is 1. The van der Waals surface area contributed by atoms with Crippen molar-refractivity contribution >= 4 is 0 Å². The van der Waals surface area contributed by atoms with E-state index in [0.717, 1.165) is 50.2 Å². The van der Waals surface area contributed by atoms with Crippen molar-refractivity contribution in [3.05, 3.63) is 11.7 Å². The molecule has 0 radical (unpaired) electrons. The van der Waals surface area contributed by atoms with E-state index in [0.29, 0.717) is 5.92 Å². The van der Waals surface area contributed by atoms with Gasteiger partial charge in [-0.2, -0.15) is 4.98 Å². The molecule has 5 nitrogen and oxygen atoms in total. The molecule has 0 aliphatic carbocycles. The third-order valence-corrected chi connectivity index (χ3v) is 3.32. The van der Waals surface area contributed by atoms with Gasteiger partial charge in [0, 0.05) is 13.0 Å². The van der Waals surface area contributed by atoms with E-state index in [1.165, 1.54) is 6.42 Å². The fourth-order valence-electron chi connectivity index (χ4n) is 2.50. The van der Waals surface area contributed by atoms with Gasteiger partial charge in [-0.15, -0.1) is 0 Å². The van der Waals surface area contributed by atoms with Crippen LogP contribution < -0.4 is 5.32 Å². The largest absolute Gasteiger partial charge is 0.339 e. The van der Waals surface area contributed by atoms with Gasteiger partial charge in [0.1, 0.15) is 0 Å². The highest BCUT2D eigenvalue weighted by Gasteiger charge is 2.23. The molecule has 1 fully saturated rings. The minimum atomic E-state index is 0.560. The van der Waals surface area contributed by atoms with Gasteiger partial charge >= 0.3 is 0 Å². The van der Waals surface area contributed by atoms with Gasteiger partial charge in [-0.05, 0) is 38.4 Å². The van der Waals surface area contributed by atoms with E-state index < -0.39 is 0 Å². The number of rotatable bonds is 6. The Balaban J connectivity index is 1.81. The lowest BCUT2D eigenvalue weighted by molar-refractivity contribution is 0.296. The highest BCUT2D eigenvalue weighted by Crippen LogP contribution is 2.17. The zero-order valence-corrected chi connectivity index (χ0v) is 11.6. The molecule has 1 atom stereocenters. The van der Waals surface area contributed by atoms with Gasteiger partial charge < -0.3 is 9.84 Å². The van der Waals surface area contributed by atoms with Crippen LogP contribution in [-0.2, 0) is 13.0 Å². The molecule has 0 bridgehead atoms. The molecule has 1 unspecified atom stereocenters. The van der Waals surface area contributed by atoms with Gasteiger partial charge in [0.25, 0.3) is 0 Å². The van der Waals surface area contributed by atoms with Crippen molar-refractivity contribution in [2.75, 3.05) is 26.7 Å². The Bertz CT molecular complexity index is 364. The molecule has 0 saturated carbocycles. The van der Waals surface area contributed by atoms with Gasteiger partial charge in [0.05, 0.1) is 6.54 Å². The molecule has 0 aromatic carbocycles. The van der Waals surface area contributed by atoms with Crippen LogP contribution >= 0.6 is 0 Å². The standard InChI is InChI=1S/C13H24N4O/c1-10(2)6-13-15-12(16-18-13)9-17-5-4-11(8-17)7-14-3/h10-11,14H,4-9H2,1-3H3. The van der Waals surface area contributed by atoms with Crippen molar-refractivity contribution in [2.24, 2.45) is 11.8 Å². The molecule has 1 saturated heterocycles. The predicted octanol–water partition coefficient (Wildman–Crippen LogP) is 1.31. The Morgan fingerprint density at radius 2 is 2.33 bits per heavy atom. The van der Waals surface area contributed by atoms with Crippen LogP contribution in [0, 0.1) is 11.8 Å². The number of aromatic nitrogens is 2.